The quantitative estimate of drug-likeness (QED) is 0.443. The molecule has 0 spiro atoms. The number of thiazole rings is 1. The Bertz CT molecular complexity index is 1530. The molecule has 1 aliphatic heterocycles. The summed E-state index contributed by atoms with van der Waals surface area (Å²) in [6, 6.07) is 16.1. The molecule has 5 aromatic rings. The highest BCUT2D eigenvalue weighted by Gasteiger charge is 2.21. The Kier molecular flexibility index (Phi) is 4.00. The molecule has 152 valence electrons. The van der Waals surface area contributed by atoms with Crippen molar-refractivity contribution < 1.29 is 4.74 Å². The minimum absolute atomic E-state index is 0.174. The van der Waals surface area contributed by atoms with Gasteiger partial charge in [-0.05, 0) is 48.9 Å². The SMILES string of the molecule is C[C@H]1Cc2cc(-c3nn(-c4ccccc4)cc3/C=c3\sc4ncnn4c3=O)ccc2O1. The Labute approximate surface area is 180 Å². The van der Waals surface area contributed by atoms with Crippen molar-refractivity contribution in [2.75, 3.05) is 0 Å². The number of aromatic nitrogens is 5. The van der Waals surface area contributed by atoms with E-state index in [2.05, 4.69) is 23.1 Å². The minimum atomic E-state index is -0.174. The van der Waals surface area contributed by atoms with Gasteiger partial charge in [-0.2, -0.15) is 14.7 Å². The van der Waals surface area contributed by atoms with E-state index < -0.39 is 0 Å². The molecular formula is C23H17N5O2S. The molecule has 0 radical (unpaired) electrons. The van der Waals surface area contributed by atoms with E-state index in [9.17, 15) is 4.79 Å². The van der Waals surface area contributed by atoms with Crippen molar-refractivity contribution in [1.29, 1.82) is 0 Å². The molecule has 0 saturated heterocycles. The monoisotopic (exact) mass is 427 g/mol. The standard InChI is InChI=1S/C23H17N5O2S/c1-14-9-16-10-15(7-8-19(16)30-14)21-17(12-27(26-21)18-5-3-2-4-6-18)11-20-22(29)28-23(31-20)24-13-25-28/h2-8,10-14H,9H2,1H3/b20-11-/t14-/m0/s1. The largest absolute Gasteiger partial charge is 0.490 e. The first-order chi connectivity index (χ1) is 15.2. The number of benzene rings is 2. The summed E-state index contributed by atoms with van der Waals surface area (Å²) in [5, 5.41) is 8.88. The number of nitrogens with zero attached hydrogens (tertiary/aromatic N) is 5. The summed E-state index contributed by atoms with van der Waals surface area (Å²) in [6.07, 6.45) is 6.27. The summed E-state index contributed by atoms with van der Waals surface area (Å²) in [7, 11) is 0. The van der Waals surface area contributed by atoms with Gasteiger partial charge in [0.25, 0.3) is 5.56 Å². The summed E-state index contributed by atoms with van der Waals surface area (Å²) in [6.45, 7) is 2.07. The molecule has 31 heavy (non-hydrogen) atoms. The molecule has 7 nitrogen and oxygen atoms in total. The Hall–Kier alpha value is -3.78. The Morgan fingerprint density at radius 3 is 2.90 bits per heavy atom. The third-order valence-corrected chi connectivity index (χ3v) is 6.31. The van der Waals surface area contributed by atoms with Gasteiger partial charge in [-0.1, -0.05) is 29.5 Å². The van der Waals surface area contributed by atoms with E-state index in [-0.39, 0.29) is 11.7 Å². The van der Waals surface area contributed by atoms with Crippen LogP contribution in [0.1, 0.15) is 18.1 Å². The van der Waals surface area contributed by atoms with Crippen LogP contribution in [0.25, 0.3) is 28.0 Å². The van der Waals surface area contributed by atoms with Crippen LogP contribution in [0.5, 0.6) is 5.75 Å². The topological polar surface area (TPSA) is 74.3 Å². The molecule has 1 aliphatic rings. The average molecular weight is 427 g/mol. The van der Waals surface area contributed by atoms with Crippen LogP contribution >= 0.6 is 11.3 Å². The first kappa shape index (κ1) is 18.0. The lowest BCUT2D eigenvalue weighted by Gasteiger charge is -2.04. The second kappa shape index (κ2) is 6.88. The summed E-state index contributed by atoms with van der Waals surface area (Å²) < 4.78 is 9.59. The molecule has 0 unspecified atom stereocenters. The van der Waals surface area contributed by atoms with Gasteiger partial charge < -0.3 is 4.74 Å². The Morgan fingerprint density at radius 2 is 2.06 bits per heavy atom. The smallest absolute Gasteiger partial charge is 0.291 e. The van der Waals surface area contributed by atoms with Crippen molar-refractivity contribution in [3.63, 3.8) is 0 Å². The third-order valence-electron chi connectivity index (χ3n) is 5.34. The maximum absolute atomic E-state index is 12.7. The van der Waals surface area contributed by atoms with Gasteiger partial charge in [-0.3, -0.25) is 4.79 Å². The zero-order valence-electron chi connectivity index (χ0n) is 16.6. The maximum Gasteiger partial charge on any atom is 0.291 e. The van der Waals surface area contributed by atoms with Crippen LogP contribution in [0.3, 0.4) is 0 Å². The highest BCUT2D eigenvalue weighted by Crippen LogP contribution is 2.34. The van der Waals surface area contributed by atoms with Crippen LogP contribution in [-0.4, -0.2) is 30.5 Å². The lowest BCUT2D eigenvalue weighted by atomic mass is 10.0. The van der Waals surface area contributed by atoms with Crippen LogP contribution in [-0.2, 0) is 6.42 Å². The molecule has 0 bridgehead atoms. The van der Waals surface area contributed by atoms with Crippen LogP contribution in [0.15, 0.2) is 65.8 Å². The van der Waals surface area contributed by atoms with Crippen molar-refractivity contribution in [1.82, 2.24) is 24.4 Å². The fraction of sp³-hybridized carbons (Fsp3) is 0.130. The number of rotatable bonds is 3. The van der Waals surface area contributed by atoms with Crippen molar-refractivity contribution in [3.8, 4) is 22.7 Å². The molecule has 1 atom stereocenters. The summed E-state index contributed by atoms with van der Waals surface area (Å²) in [5.74, 6) is 0.927. The molecule has 0 amide bonds. The first-order valence-corrected chi connectivity index (χ1v) is 10.8. The fourth-order valence-electron chi connectivity index (χ4n) is 3.92. The number of fused-ring (bicyclic) bond motifs is 2. The molecule has 2 aromatic carbocycles. The first-order valence-electron chi connectivity index (χ1n) is 9.95. The van der Waals surface area contributed by atoms with Crippen LogP contribution in [0.4, 0.5) is 0 Å². The molecule has 6 rings (SSSR count). The summed E-state index contributed by atoms with van der Waals surface area (Å²) in [4.78, 5) is 17.4. The molecule has 0 aliphatic carbocycles. The number of ether oxygens (including phenoxy) is 1. The summed E-state index contributed by atoms with van der Waals surface area (Å²) >= 11 is 1.32. The zero-order valence-corrected chi connectivity index (χ0v) is 17.4. The Morgan fingerprint density at radius 1 is 1.19 bits per heavy atom. The normalized spacial score (nSPS) is 16.0. The van der Waals surface area contributed by atoms with E-state index in [1.165, 1.54) is 27.7 Å². The van der Waals surface area contributed by atoms with E-state index in [0.29, 0.717) is 9.49 Å². The lowest BCUT2D eigenvalue weighted by molar-refractivity contribution is 0.254. The van der Waals surface area contributed by atoms with E-state index in [0.717, 1.165) is 34.7 Å². The third kappa shape index (κ3) is 3.03. The average Bonchev–Trinajstić information content (AvgIpc) is 3.54. The highest BCUT2D eigenvalue weighted by atomic mass is 32.1. The molecule has 0 saturated carbocycles. The van der Waals surface area contributed by atoms with Gasteiger partial charge in [0.15, 0.2) is 0 Å². The Balaban J connectivity index is 1.55. The maximum atomic E-state index is 12.7. The van der Waals surface area contributed by atoms with E-state index in [4.69, 9.17) is 9.84 Å². The van der Waals surface area contributed by atoms with Crippen LogP contribution in [0.2, 0.25) is 0 Å². The number of para-hydroxylation sites is 1. The second-order valence-corrected chi connectivity index (χ2v) is 8.55. The molecule has 0 fully saturated rings. The minimum Gasteiger partial charge on any atom is -0.490 e. The van der Waals surface area contributed by atoms with Gasteiger partial charge in [-0.25, -0.2) is 9.67 Å². The van der Waals surface area contributed by atoms with Crippen molar-refractivity contribution in [2.24, 2.45) is 0 Å². The molecule has 8 heteroatoms. The van der Waals surface area contributed by atoms with E-state index in [1.807, 2.05) is 59.4 Å². The van der Waals surface area contributed by atoms with Crippen LogP contribution in [0, 0.1) is 0 Å². The van der Waals surface area contributed by atoms with Gasteiger partial charge in [0.2, 0.25) is 4.96 Å². The molecular weight excluding hydrogens is 410 g/mol. The summed E-state index contributed by atoms with van der Waals surface area (Å²) in [5.41, 5.74) is 4.61. The van der Waals surface area contributed by atoms with E-state index in [1.54, 1.807) is 0 Å². The van der Waals surface area contributed by atoms with E-state index >= 15 is 0 Å². The fourth-order valence-corrected chi connectivity index (χ4v) is 4.79. The van der Waals surface area contributed by atoms with Crippen molar-refractivity contribution >= 4 is 22.4 Å². The number of hydrogen-bond acceptors (Lipinski definition) is 6. The molecule has 4 heterocycles. The predicted octanol–water partition coefficient (Wildman–Crippen LogP) is 2.87. The van der Waals surface area contributed by atoms with Gasteiger partial charge in [0, 0.05) is 23.7 Å². The second-order valence-electron chi connectivity index (χ2n) is 7.54. The zero-order chi connectivity index (χ0) is 20.9. The van der Waals surface area contributed by atoms with Gasteiger partial charge in [0.05, 0.1) is 10.2 Å². The van der Waals surface area contributed by atoms with Crippen molar-refractivity contribution in [2.45, 2.75) is 19.4 Å². The predicted molar refractivity (Wildman–Crippen MR) is 119 cm³/mol. The van der Waals surface area contributed by atoms with Crippen molar-refractivity contribution in [3.05, 3.63) is 87.1 Å². The lowest BCUT2D eigenvalue weighted by Crippen LogP contribution is -2.23. The van der Waals surface area contributed by atoms with Crippen LogP contribution < -0.4 is 14.8 Å². The molecule has 0 N–H and O–H groups in total. The molecule has 3 aromatic heterocycles. The number of hydrogen-bond donors (Lipinski definition) is 0. The van der Waals surface area contributed by atoms with Gasteiger partial charge in [0.1, 0.15) is 23.9 Å². The van der Waals surface area contributed by atoms with Gasteiger partial charge in [-0.15, -0.1) is 0 Å². The van der Waals surface area contributed by atoms with Gasteiger partial charge >= 0.3 is 0 Å². The highest BCUT2D eigenvalue weighted by molar-refractivity contribution is 7.15.